The first-order valence-corrected chi connectivity index (χ1v) is 5.35. The van der Waals surface area contributed by atoms with E-state index in [-0.39, 0.29) is 23.0 Å². The number of hydrogen-bond donors (Lipinski definition) is 0. The van der Waals surface area contributed by atoms with Crippen LogP contribution in [-0.4, -0.2) is 6.29 Å². The summed E-state index contributed by atoms with van der Waals surface area (Å²) in [4.78, 5) is 10.6. The Morgan fingerprint density at radius 3 is 2.32 bits per heavy atom. The van der Waals surface area contributed by atoms with Crippen LogP contribution in [-0.2, 0) is 6.18 Å². The number of carbonyl (C=O) groups excluding carboxylic acids is 1. The number of rotatable bonds is 2. The number of carbonyl (C=O) groups is 1. The monoisotopic (exact) mass is 268 g/mol. The molecular formula is C14H8F4O. The van der Waals surface area contributed by atoms with E-state index in [1.54, 1.807) is 0 Å². The van der Waals surface area contributed by atoms with Crippen molar-refractivity contribution >= 4 is 6.29 Å². The first-order valence-electron chi connectivity index (χ1n) is 5.35. The zero-order valence-electron chi connectivity index (χ0n) is 9.54. The fraction of sp³-hybridized carbons (Fsp3) is 0.0714. The lowest BCUT2D eigenvalue weighted by molar-refractivity contribution is -0.137. The molecule has 5 heteroatoms. The molecule has 0 aromatic heterocycles. The van der Waals surface area contributed by atoms with Crippen LogP contribution < -0.4 is 0 Å². The Morgan fingerprint density at radius 1 is 1.00 bits per heavy atom. The number of aldehydes is 1. The van der Waals surface area contributed by atoms with Gasteiger partial charge in [-0.25, -0.2) is 4.39 Å². The van der Waals surface area contributed by atoms with Crippen molar-refractivity contribution in [3.63, 3.8) is 0 Å². The second-order valence-electron chi connectivity index (χ2n) is 3.90. The molecule has 0 N–H and O–H groups in total. The first-order chi connectivity index (χ1) is 8.93. The predicted molar refractivity (Wildman–Crippen MR) is 62.2 cm³/mol. The molecule has 0 fully saturated rings. The number of halogens is 4. The maximum Gasteiger partial charge on any atom is 0.417 e. The topological polar surface area (TPSA) is 17.1 Å². The van der Waals surface area contributed by atoms with E-state index in [1.165, 1.54) is 24.3 Å². The van der Waals surface area contributed by atoms with E-state index in [0.717, 1.165) is 18.2 Å². The lowest BCUT2D eigenvalue weighted by Gasteiger charge is -2.13. The molecule has 2 aromatic carbocycles. The minimum Gasteiger partial charge on any atom is -0.298 e. The molecule has 0 aliphatic carbocycles. The van der Waals surface area contributed by atoms with E-state index < -0.39 is 17.6 Å². The van der Waals surface area contributed by atoms with Crippen molar-refractivity contribution in [3.05, 3.63) is 59.4 Å². The molecule has 98 valence electrons. The Hall–Kier alpha value is -2.17. The molecule has 0 atom stereocenters. The third-order valence-corrected chi connectivity index (χ3v) is 2.67. The molecular weight excluding hydrogens is 260 g/mol. The van der Waals surface area contributed by atoms with Crippen molar-refractivity contribution in [3.8, 4) is 11.1 Å². The molecule has 0 radical (unpaired) electrons. The van der Waals surface area contributed by atoms with Crippen LogP contribution in [0, 0.1) is 5.82 Å². The van der Waals surface area contributed by atoms with Crippen LogP contribution in [0.15, 0.2) is 42.5 Å². The van der Waals surface area contributed by atoms with Crippen molar-refractivity contribution in [2.24, 2.45) is 0 Å². The van der Waals surface area contributed by atoms with Crippen LogP contribution >= 0.6 is 0 Å². The van der Waals surface area contributed by atoms with Gasteiger partial charge in [0.1, 0.15) is 5.82 Å². The fourth-order valence-corrected chi connectivity index (χ4v) is 1.78. The van der Waals surface area contributed by atoms with Crippen molar-refractivity contribution in [1.29, 1.82) is 0 Å². The van der Waals surface area contributed by atoms with Gasteiger partial charge in [0.05, 0.1) is 11.1 Å². The number of alkyl halides is 3. The summed E-state index contributed by atoms with van der Waals surface area (Å²) in [5, 5.41) is 0. The Labute approximate surface area is 106 Å². The third kappa shape index (κ3) is 2.65. The summed E-state index contributed by atoms with van der Waals surface area (Å²) in [5.74, 6) is -0.761. The van der Waals surface area contributed by atoms with Crippen LogP contribution in [0.25, 0.3) is 11.1 Å². The van der Waals surface area contributed by atoms with Gasteiger partial charge < -0.3 is 0 Å². The predicted octanol–water partition coefficient (Wildman–Crippen LogP) is 4.32. The second-order valence-corrected chi connectivity index (χ2v) is 3.90. The van der Waals surface area contributed by atoms with E-state index in [0.29, 0.717) is 0 Å². The van der Waals surface area contributed by atoms with Crippen LogP contribution in [0.3, 0.4) is 0 Å². The Bertz CT molecular complexity index is 617. The van der Waals surface area contributed by atoms with Crippen LogP contribution in [0.2, 0.25) is 0 Å². The van der Waals surface area contributed by atoms with Gasteiger partial charge in [-0.05, 0) is 29.3 Å². The van der Waals surface area contributed by atoms with Gasteiger partial charge in [0.15, 0.2) is 6.29 Å². The summed E-state index contributed by atoms with van der Waals surface area (Å²) >= 11 is 0. The van der Waals surface area contributed by atoms with E-state index in [1.807, 2.05) is 0 Å². The highest BCUT2D eigenvalue weighted by atomic mass is 19.4. The highest BCUT2D eigenvalue weighted by molar-refractivity contribution is 5.80. The number of hydrogen-bond acceptors (Lipinski definition) is 1. The molecule has 0 bridgehead atoms. The van der Waals surface area contributed by atoms with E-state index >= 15 is 0 Å². The van der Waals surface area contributed by atoms with Gasteiger partial charge in [-0.1, -0.05) is 24.3 Å². The van der Waals surface area contributed by atoms with Crippen molar-refractivity contribution < 1.29 is 22.4 Å². The summed E-state index contributed by atoms with van der Waals surface area (Å²) in [6.07, 6.45) is -4.23. The van der Waals surface area contributed by atoms with Gasteiger partial charge in [0.2, 0.25) is 0 Å². The quantitative estimate of drug-likeness (QED) is 0.585. The second kappa shape index (κ2) is 4.84. The largest absolute Gasteiger partial charge is 0.417 e. The maximum absolute atomic E-state index is 13.2. The number of benzene rings is 2. The zero-order valence-corrected chi connectivity index (χ0v) is 9.54. The lowest BCUT2D eigenvalue weighted by Crippen LogP contribution is -2.07. The van der Waals surface area contributed by atoms with E-state index in [9.17, 15) is 22.4 Å². The molecule has 0 aliphatic rings. The fourth-order valence-electron chi connectivity index (χ4n) is 1.78. The molecule has 0 amide bonds. The molecule has 0 saturated heterocycles. The molecule has 2 aromatic rings. The Balaban J connectivity index is 2.63. The molecule has 0 spiro atoms. The molecule has 0 aliphatic heterocycles. The van der Waals surface area contributed by atoms with Crippen molar-refractivity contribution in [1.82, 2.24) is 0 Å². The van der Waals surface area contributed by atoms with Crippen molar-refractivity contribution in [2.45, 2.75) is 6.18 Å². The minimum atomic E-state index is -4.51. The van der Waals surface area contributed by atoms with Crippen LogP contribution in [0.5, 0.6) is 0 Å². The zero-order chi connectivity index (χ0) is 14.0. The normalized spacial score (nSPS) is 11.4. The highest BCUT2D eigenvalue weighted by Crippen LogP contribution is 2.37. The highest BCUT2D eigenvalue weighted by Gasteiger charge is 2.33. The Kier molecular flexibility index (Phi) is 3.38. The summed E-state index contributed by atoms with van der Waals surface area (Å²) in [7, 11) is 0. The Morgan fingerprint density at radius 2 is 1.68 bits per heavy atom. The molecule has 0 unspecified atom stereocenters. The average Bonchev–Trinajstić information content (AvgIpc) is 2.38. The van der Waals surface area contributed by atoms with Crippen LogP contribution in [0.4, 0.5) is 17.6 Å². The van der Waals surface area contributed by atoms with Gasteiger partial charge in [-0.15, -0.1) is 0 Å². The summed E-state index contributed by atoms with van der Waals surface area (Å²) in [6, 6.07) is 8.25. The van der Waals surface area contributed by atoms with Gasteiger partial charge in [0, 0.05) is 0 Å². The summed E-state index contributed by atoms with van der Waals surface area (Å²) in [6.45, 7) is 0. The van der Waals surface area contributed by atoms with Gasteiger partial charge in [0.25, 0.3) is 0 Å². The van der Waals surface area contributed by atoms with Gasteiger partial charge in [-0.2, -0.15) is 13.2 Å². The standard InChI is InChI=1S/C14H8F4O/c15-13-6-5-9(7-10(13)8-19)11-3-1-2-4-12(11)14(16,17)18/h1-8H. The lowest BCUT2D eigenvalue weighted by atomic mass is 9.98. The summed E-state index contributed by atoms with van der Waals surface area (Å²) < 4.78 is 51.7. The van der Waals surface area contributed by atoms with Crippen molar-refractivity contribution in [2.75, 3.05) is 0 Å². The molecule has 19 heavy (non-hydrogen) atoms. The van der Waals surface area contributed by atoms with Gasteiger partial charge >= 0.3 is 6.18 Å². The smallest absolute Gasteiger partial charge is 0.298 e. The third-order valence-electron chi connectivity index (χ3n) is 2.67. The van der Waals surface area contributed by atoms with E-state index in [2.05, 4.69) is 0 Å². The molecule has 1 nitrogen and oxygen atoms in total. The average molecular weight is 268 g/mol. The maximum atomic E-state index is 13.2. The van der Waals surface area contributed by atoms with Gasteiger partial charge in [-0.3, -0.25) is 4.79 Å². The van der Waals surface area contributed by atoms with E-state index in [4.69, 9.17) is 0 Å². The van der Waals surface area contributed by atoms with Crippen LogP contribution in [0.1, 0.15) is 15.9 Å². The SMILES string of the molecule is O=Cc1cc(-c2ccccc2C(F)(F)F)ccc1F. The summed E-state index contributed by atoms with van der Waals surface area (Å²) in [5.41, 5.74) is -1.03. The molecule has 2 rings (SSSR count). The molecule has 0 saturated carbocycles. The minimum absolute atomic E-state index is 0.0851. The first kappa shape index (κ1) is 13.3. The molecule has 0 heterocycles.